The predicted molar refractivity (Wildman–Crippen MR) is 199 cm³/mol. The summed E-state index contributed by atoms with van der Waals surface area (Å²) in [4.78, 5) is 20.6. The van der Waals surface area contributed by atoms with Crippen molar-refractivity contribution < 1.29 is 23.1 Å². The molecular weight excluding hydrogens is 623 g/mol. The first-order valence-corrected chi connectivity index (χ1v) is 17.5. The van der Waals surface area contributed by atoms with E-state index in [1.807, 2.05) is 20.8 Å². The number of alkyl halides is 3. The van der Waals surface area contributed by atoms with Crippen LogP contribution in [0.1, 0.15) is 106 Å². The predicted octanol–water partition coefficient (Wildman–Crippen LogP) is 10.9. The molecule has 3 rings (SSSR count). The average molecular weight is 682 g/mol. The van der Waals surface area contributed by atoms with Crippen molar-refractivity contribution in [2.24, 2.45) is 5.92 Å². The maximum Gasteiger partial charge on any atom is 0.416 e. The molecule has 0 aliphatic rings. The molecule has 0 aliphatic heterocycles. The van der Waals surface area contributed by atoms with Gasteiger partial charge in [0.1, 0.15) is 0 Å². The largest absolute Gasteiger partial charge is 0.478 e. The van der Waals surface area contributed by atoms with Crippen molar-refractivity contribution >= 4 is 11.7 Å². The molecule has 1 heterocycles. The van der Waals surface area contributed by atoms with Crippen LogP contribution >= 0.6 is 0 Å². The van der Waals surface area contributed by atoms with Crippen molar-refractivity contribution in [1.29, 1.82) is 0 Å². The van der Waals surface area contributed by atoms with Gasteiger partial charge in [-0.25, -0.2) is 4.79 Å². The number of carboxylic acid groups (broad SMARTS) is 1. The fraction of sp³-hybridized carbons (Fsp3) is 0.463. The molecule has 1 atom stereocenters. The lowest BCUT2D eigenvalue weighted by Gasteiger charge is -2.27. The summed E-state index contributed by atoms with van der Waals surface area (Å²) in [7, 11) is 0. The third-order valence-electron chi connectivity index (χ3n) is 8.12. The second-order valence-electron chi connectivity index (χ2n) is 12.2. The van der Waals surface area contributed by atoms with Gasteiger partial charge < -0.3 is 10.0 Å². The number of hydrogen-bond acceptors (Lipinski definition) is 4. The van der Waals surface area contributed by atoms with Crippen LogP contribution in [0, 0.1) is 12.8 Å². The molecule has 0 saturated heterocycles. The van der Waals surface area contributed by atoms with E-state index in [1.165, 1.54) is 53.9 Å². The van der Waals surface area contributed by atoms with Crippen LogP contribution in [0.2, 0.25) is 0 Å². The molecular formula is C41H58F3N3O2. The zero-order valence-electron chi connectivity index (χ0n) is 30.9. The van der Waals surface area contributed by atoms with Gasteiger partial charge >= 0.3 is 12.1 Å². The smallest absolute Gasteiger partial charge is 0.416 e. The summed E-state index contributed by atoms with van der Waals surface area (Å²) in [6.07, 6.45) is 4.65. The van der Waals surface area contributed by atoms with Crippen LogP contribution in [-0.4, -0.2) is 52.0 Å². The quantitative estimate of drug-likeness (QED) is 0.163. The Morgan fingerprint density at radius 3 is 2.10 bits per heavy atom. The van der Waals surface area contributed by atoms with Gasteiger partial charge in [-0.3, -0.25) is 9.88 Å². The van der Waals surface area contributed by atoms with E-state index in [0.29, 0.717) is 11.4 Å². The van der Waals surface area contributed by atoms with E-state index < -0.39 is 17.7 Å². The summed E-state index contributed by atoms with van der Waals surface area (Å²) in [5.41, 5.74) is 5.60. The standard InChI is InChI=1S/C30H43N3O2.C9H9F3.C2H6/c1-7-17-32(18-14-23(3)8-2)21-25(5)22-33(19-15-27-11-9-24(4)10-12-27)26(6)29-20-28(30(34)35)13-16-31-29;1-2-7-3-5-8(6-4-7)9(10,11)12;1-2/h9-13,16,20,22-23H,6-8,14-15,17-19,21H2,1-5H3,(H,34,35);3-6H,2H2,1H3;1-2H3/b25-22+;;/t23-;;/m1../s1. The van der Waals surface area contributed by atoms with Gasteiger partial charge in [0.15, 0.2) is 0 Å². The summed E-state index contributed by atoms with van der Waals surface area (Å²) >= 11 is 0. The van der Waals surface area contributed by atoms with Crippen molar-refractivity contribution in [3.05, 3.63) is 119 Å². The van der Waals surface area contributed by atoms with Crippen LogP contribution in [0.25, 0.3) is 5.70 Å². The number of nitrogens with zero attached hydrogens (tertiary/aromatic N) is 3. The zero-order chi connectivity index (χ0) is 37.0. The van der Waals surface area contributed by atoms with Gasteiger partial charge in [-0.1, -0.05) is 96.5 Å². The van der Waals surface area contributed by atoms with Gasteiger partial charge in [0.2, 0.25) is 0 Å². The van der Waals surface area contributed by atoms with Crippen molar-refractivity contribution in [2.75, 3.05) is 26.2 Å². The lowest BCUT2D eigenvalue weighted by molar-refractivity contribution is -0.137. The molecule has 0 amide bonds. The fourth-order valence-corrected chi connectivity index (χ4v) is 4.93. The number of halogens is 3. The number of rotatable bonds is 16. The van der Waals surface area contributed by atoms with Crippen molar-refractivity contribution in [3.8, 4) is 0 Å². The number of benzene rings is 2. The number of aryl methyl sites for hydroxylation is 2. The monoisotopic (exact) mass is 681 g/mol. The molecule has 0 spiro atoms. The third-order valence-corrected chi connectivity index (χ3v) is 8.12. The Labute approximate surface area is 293 Å². The molecule has 49 heavy (non-hydrogen) atoms. The summed E-state index contributed by atoms with van der Waals surface area (Å²) in [6.45, 7) is 25.1. The molecule has 270 valence electrons. The second-order valence-corrected chi connectivity index (χ2v) is 12.2. The first-order chi connectivity index (χ1) is 23.3. The normalized spacial score (nSPS) is 12.0. The van der Waals surface area contributed by atoms with Crippen LogP contribution in [0.15, 0.2) is 85.2 Å². The molecule has 0 unspecified atom stereocenters. The minimum atomic E-state index is -4.22. The number of carbonyl (C=O) groups is 1. The summed E-state index contributed by atoms with van der Waals surface area (Å²) in [5.74, 6) is -0.229. The molecule has 5 nitrogen and oxygen atoms in total. The Morgan fingerprint density at radius 2 is 1.57 bits per heavy atom. The van der Waals surface area contributed by atoms with E-state index in [-0.39, 0.29) is 5.56 Å². The Bertz CT molecular complexity index is 1420. The molecule has 0 fully saturated rings. The Kier molecular flexibility index (Phi) is 19.9. The van der Waals surface area contributed by atoms with Gasteiger partial charge in [0.05, 0.1) is 22.5 Å². The highest BCUT2D eigenvalue weighted by Crippen LogP contribution is 2.29. The maximum atomic E-state index is 12.0. The number of aromatic carboxylic acids is 1. The highest BCUT2D eigenvalue weighted by molar-refractivity contribution is 5.88. The summed E-state index contributed by atoms with van der Waals surface area (Å²) < 4.78 is 36.1. The Hall–Kier alpha value is -3.91. The van der Waals surface area contributed by atoms with E-state index in [0.717, 1.165) is 69.1 Å². The van der Waals surface area contributed by atoms with Crippen molar-refractivity contribution in [1.82, 2.24) is 14.8 Å². The van der Waals surface area contributed by atoms with Gasteiger partial charge in [0, 0.05) is 25.5 Å². The number of hydrogen-bond donors (Lipinski definition) is 1. The third kappa shape index (κ3) is 16.4. The highest BCUT2D eigenvalue weighted by atomic mass is 19.4. The van der Waals surface area contributed by atoms with Crippen LogP contribution in [0.4, 0.5) is 13.2 Å². The molecule has 1 N–H and O–H groups in total. The minimum Gasteiger partial charge on any atom is -0.478 e. The van der Waals surface area contributed by atoms with E-state index in [4.69, 9.17) is 0 Å². The maximum absolute atomic E-state index is 12.0. The Morgan fingerprint density at radius 1 is 0.959 bits per heavy atom. The van der Waals surface area contributed by atoms with Crippen LogP contribution in [0.5, 0.6) is 0 Å². The molecule has 0 saturated carbocycles. The van der Waals surface area contributed by atoms with E-state index in [2.05, 4.69) is 86.4 Å². The topological polar surface area (TPSA) is 56.7 Å². The van der Waals surface area contributed by atoms with E-state index in [1.54, 1.807) is 6.07 Å². The number of carboxylic acids is 1. The van der Waals surface area contributed by atoms with Crippen molar-refractivity contribution in [2.45, 2.75) is 93.7 Å². The zero-order valence-corrected chi connectivity index (χ0v) is 30.9. The van der Waals surface area contributed by atoms with Gasteiger partial charge in [-0.2, -0.15) is 13.2 Å². The molecule has 0 radical (unpaired) electrons. The molecule has 0 bridgehead atoms. The molecule has 1 aromatic heterocycles. The van der Waals surface area contributed by atoms with Crippen LogP contribution in [-0.2, 0) is 19.0 Å². The Balaban J connectivity index is 0.000000715. The van der Waals surface area contributed by atoms with Crippen molar-refractivity contribution in [3.63, 3.8) is 0 Å². The fourth-order valence-electron chi connectivity index (χ4n) is 4.93. The van der Waals surface area contributed by atoms with Gasteiger partial charge in [-0.15, -0.1) is 0 Å². The summed E-state index contributed by atoms with van der Waals surface area (Å²) in [6, 6.07) is 16.9. The van der Waals surface area contributed by atoms with E-state index >= 15 is 0 Å². The minimum absolute atomic E-state index is 0.217. The molecule has 0 aliphatic carbocycles. The van der Waals surface area contributed by atoms with Crippen LogP contribution < -0.4 is 0 Å². The molecule has 3 aromatic rings. The first kappa shape index (κ1) is 43.1. The van der Waals surface area contributed by atoms with Crippen LogP contribution in [0.3, 0.4) is 0 Å². The van der Waals surface area contributed by atoms with E-state index in [9.17, 15) is 23.1 Å². The average Bonchev–Trinajstić information content (AvgIpc) is 3.10. The number of pyridine rings is 1. The summed E-state index contributed by atoms with van der Waals surface area (Å²) in [5, 5.41) is 9.42. The lowest BCUT2D eigenvalue weighted by Crippen LogP contribution is -2.29. The van der Waals surface area contributed by atoms with Gasteiger partial charge in [-0.05, 0) is 99.5 Å². The second kappa shape index (κ2) is 22.7. The molecule has 2 aromatic carbocycles. The SMILES string of the molecule is C=C(c1cc(C(=O)O)ccn1)N(/C=C(\C)CN(CCC)CC[C@H](C)CC)CCc1ccc(C)cc1.CC.CCc1ccc(C(F)(F)F)cc1. The lowest BCUT2D eigenvalue weighted by atomic mass is 10.0. The van der Waals surface area contributed by atoms with Gasteiger partial charge in [0.25, 0.3) is 0 Å². The number of aromatic nitrogens is 1. The molecule has 8 heteroatoms. The highest BCUT2D eigenvalue weighted by Gasteiger charge is 2.29. The first-order valence-electron chi connectivity index (χ1n) is 17.5.